The van der Waals surface area contributed by atoms with E-state index in [2.05, 4.69) is 15.1 Å². The summed E-state index contributed by atoms with van der Waals surface area (Å²) in [4.78, 5) is 24.6. The molecule has 1 fully saturated rings. The molecule has 1 amide bonds. The van der Waals surface area contributed by atoms with Crippen LogP contribution in [0.3, 0.4) is 0 Å². The highest BCUT2D eigenvalue weighted by Gasteiger charge is 2.35. The number of nitrogens with zero attached hydrogens (tertiary/aromatic N) is 6. The van der Waals surface area contributed by atoms with E-state index in [-0.39, 0.29) is 23.3 Å². The van der Waals surface area contributed by atoms with E-state index in [1.807, 2.05) is 53.3 Å². The van der Waals surface area contributed by atoms with Crippen molar-refractivity contribution in [3.8, 4) is 22.6 Å². The Morgan fingerprint density at radius 2 is 1.79 bits per heavy atom. The molecule has 10 heteroatoms. The number of fused-ring (bicyclic) bond motifs is 1. The second-order valence-corrected chi connectivity index (χ2v) is 9.25. The van der Waals surface area contributed by atoms with Crippen LogP contribution in [-0.2, 0) is 12.7 Å². The SMILES string of the molecule is O=C(c1c(-c2ccccc2)nc2cc(C(F)(F)F)ccn12)N1CCC[C@H]1Cn1ccc(-c2ccccn2)n1. The van der Waals surface area contributed by atoms with Crippen LogP contribution >= 0.6 is 0 Å². The summed E-state index contributed by atoms with van der Waals surface area (Å²) < 4.78 is 43.5. The van der Waals surface area contributed by atoms with Gasteiger partial charge in [-0.25, -0.2) is 4.98 Å². The van der Waals surface area contributed by atoms with E-state index in [9.17, 15) is 18.0 Å². The fraction of sp³-hybridized carbons (Fsp3) is 0.214. The number of alkyl halides is 3. The lowest BCUT2D eigenvalue weighted by molar-refractivity contribution is -0.137. The van der Waals surface area contributed by atoms with E-state index >= 15 is 0 Å². The van der Waals surface area contributed by atoms with Crippen LogP contribution in [-0.4, -0.2) is 47.5 Å². The Kier molecular flexibility index (Phi) is 5.94. The van der Waals surface area contributed by atoms with Gasteiger partial charge in [0.05, 0.1) is 23.8 Å². The monoisotopic (exact) mass is 516 g/mol. The quantitative estimate of drug-likeness (QED) is 0.306. The second-order valence-electron chi connectivity index (χ2n) is 9.25. The number of imidazole rings is 1. The minimum absolute atomic E-state index is 0.0739. The van der Waals surface area contributed by atoms with Crippen molar-refractivity contribution in [2.45, 2.75) is 31.6 Å². The van der Waals surface area contributed by atoms with Crippen molar-refractivity contribution in [3.05, 3.63) is 96.6 Å². The van der Waals surface area contributed by atoms with Crippen LogP contribution in [0, 0.1) is 0 Å². The maximum absolute atomic E-state index is 14.0. The number of carbonyl (C=O) groups excluding carboxylic acids is 1. The third kappa shape index (κ3) is 4.42. The first-order valence-electron chi connectivity index (χ1n) is 12.3. The summed E-state index contributed by atoms with van der Waals surface area (Å²) in [7, 11) is 0. The summed E-state index contributed by atoms with van der Waals surface area (Å²) in [6.07, 6.45) is 1.96. The van der Waals surface area contributed by atoms with Crippen molar-refractivity contribution >= 4 is 11.6 Å². The summed E-state index contributed by atoms with van der Waals surface area (Å²) in [6, 6.07) is 18.4. The number of pyridine rings is 2. The summed E-state index contributed by atoms with van der Waals surface area (Å²) in [5.41, 5.74) is 2.05. The molecule has 0 saturated carbocycles. The molecule has 1 atom stereocenters. The summed E-state index contributed by atoms with van der Waals surface area (Å²) >= 11 is 0. The standard InChI is InChI=1S/C28H23F3N6O/c29-28(30,31)20-11-16-37-24(17-20)33-25(19-7-2-1-3-8-19)26(37)27(38)36-14-6-9-21(36)18-35-15-12-23(34-35)22-10-4-5-13-32-22/h1-5,7-8,10-13,15-17,21H,6,9,14,18H2/t21-/m0/s1. The smallest absolute Gasteiger partial charge is 0.332 e. The molecule has 0 radical (unpaired) electrons. The van der Waals surface area contributed by atoms with Gasteiger partial charge >= 0.3 is 6.18 Å². The number of rotatable bonds is 5. The van der Waals surface area contributed by atoms with E-state index < -0.39 is 11.7 Å². The predicted molar refractivity (Wildman–Crippen MR) is 135 cm³/mol. The van der Waals surface area contributed by atoms with Crippen molar-refractivity contribution < 1.29 is 18.0 Å². The van der Waals surface area contributed by atoms with Gasteiger partial charge < -0.3 is 4.90 Å². The third-order valence-corrected chi connectivity index (χ3v) is 6.81. The topological polar surface area (TPSA) is 68.3 Å². The van der Waals surface area contributed by atoms with Crippen LogP contribution in [0.25, 0.3) is 28.3 Å². The molecule has 1 aromatic carbocycles. The minimum Gasteiger partial charge on any atom is -0.332 e. The van der Waals surface area contributed by atoms with Gasteiger partial charge in [-0.1, -0.05) is 36.4 Å². The van der Waals surface area contributed by atoms with Crippen LogP contribution < -0.4 is 0 Å². The molecule has 0 aliphatic carbocycles. The number of amides is 1. The largest absolute Gasteiger partial charge is 0.416 e. The molecule has 1 aliphatic heterocycles. The molecule has 1 aliphatic rings. The Morgan fingerprint density at radius 1 is 0.974 bits per heavy atom. The normalized spacial score (nSPS) is 15.9. The van der Waals surface area contributed by atoms with E-state index in [1.54, 1.807) is 23.2 Å². The van der Waals surface area contributed by atoms with Gasteiger partial charge in [0.1, 0.15) is 22.7 Å². The highest BCUT2D eigenvalue weighted by molar-refractivity contribution is 6.00. The van der Waals surface area contributed by atoms with Gasteiger partial charge in [-0.3, -0.25) is 18.9 Å². The fourth-order valence-corrected chi connectivity index (χ4v) is 4.98. The van der Waals surface area contributed by atoms with Gasteiger partial charge in [0.15, 0.2) is 0 Å². The molecule has 192 valence electrons. The first kappa shape index (κ1) is 23.9. The lowest BCUT2D eigenvalue weighted by atomic mass is 10.1. The highest BCUT2D eigenvalue weighted by Crippen LogP contribution is 2.33. The molecular weight excluding hydrogens is 493 g/mol. The first-order chi connectivity index (χ1) is 18.4. The van der Waals surface area contributed by atoms with Crippen LogP contribution in [0.15, 0.2) is 85.3 Å². The van der Waals surface area contributed by atoms with E-state index in [1.165, 1.54) is 10.6 Å². The van der Waals surface area contributed by atoms with Gasteiger partial charge in [-0.15, -0.1) is 0 Å². The Hall–Kier alpha value is -4.47. The number of carbonyl (C=O) groups is 1. The van der Waals surface area contributed by atoms with Crippen molar-refractivity contribution in [2.24, 2.45) is 0 Å². The number of likely N-dealkylation sites (tertiary alicyclic amines) is 1. The molecule has 5 heterocycles. The van der Waals surface area contributed by atoms with Crippen molar-refractivity contribution in [1.82, 2.24) is 29.0 Å². The average molecular weight is 517 g/mol. The highest BCUT2D eigenvalue weighted by atomic mass is 19.4. The second kappa shape index (κ2) is 9.44. The molecule has 7 nitrogen and oxygen atoms in total. The molecular formula is C28H23F3N6O. The van der Waals surface area contributed by atoms with Crippen LogP contribution in [0.2, 0.25) is 0 Å². The lowest BCUT2D eigenvalue weighted by Gasteiger charge is -2.25. The maximum Gasteiger partial charge on any atom is 0.416 e. The van der Waals surface area contributed by atoms with Crippen molar-refractivity contribution in [2.75, 3.05) is 6.54 Å². The number of aromatic nitrogens is 5. The lowest BCUT2D eigenvalue weighted by Crippen LogP contribution is -2.39. The molecule has 0 N–H and O–H groups in total. The number of halogens is 3. The molecule has 0 unspecified atom stereocenters. The molecule has 6 rings (SSSR count). The maximum atomic E-state index is 14.0. The molecule has 0 bridgehead atoms. The number of hydrogen-bond acceptors (Lipinski definition) is 4. The van der Waals surface area contributed by atoms with E-state index in [0.29, 0.717) is 24.3 Å². The molecule has 0 spiro atoms. The zero-order valence-corrected chi connectivity index (χ0v) is 20.2. The van der Waals surface area contributed by atoms with E-state index in [4.69, 9.17) is 0 Å². The number of hydrogen-bond donors (Lipinski definition) is 0. The van der Waals surface area contributed by atoms with Gasteiger partial charge in [-0.2, -0.15) is 18.3 Å². The third-order valence-electron chi connectivity index (χ3n) is 6.81. The van der Waals surface area contributed by atoms with E-state index in [0.717, 1.165) is 36.4 Å². The van der Waals surface area contributed by atoms with Gasteiger partial charge in [0.25, 0.3) is 5.91 Å². The van der Waals surface area contributed by atoms with Crippen molar-refractivity contribution in [1.29, 1.82) is 0 Å². The molecule has 4 aromatic heterocycles. The Morgan fingerprint density at radius 3 is 2.55 bits per heavy atom. The molecule has 38 heavy (non-hydrogen) atoms. The zero-order valence-electron chi connectivity index (χ0n) is 20.2. The summed E-state index contributed by atoms with van der Waals surface area (Å²) in [6.45, 7) is 1.04. The van der Waals surface area contributed by atoms with Crippen LogP contribution in [0.1, 0.15) is 28.9 Å². The fourth-order valence-electron chi connectivity index (χ4n) is 4.98. The molecule has 5 aromatic rings. The summed E-state index contributed by atoms with van der Waals surface area (Å²) in [5.74, 6) is -0.268. The Labute approximate surface area is 216 Å². The van der Waals surface area contributed by atoms with Crippen LogP contribution in [0.4, 0.5) is 13.2 Å². The Balaban J connectivity index is 1.35. The number of benzene rings is 1. The van der Waals surface area contributed by atoms with Gasteiger partial charge in [0, 0.05) is 30.7 Å². The Bertz CT molecular complexity index is 1590. The van der Waals surface area contributed by atoms with Gasteiger partial charge in [0.2, 0.25) is 0 Å². The van der Waals surface area contributed by atoms with Crippen molar-refractivity contribution in [3.63, 3.8) is 0 Å². The van der Waals surface area contributed by atoms with Gasteiger partial charge in [-0.05, 0) is 43.2 Å². The zero-order chi connectivity index (χ0) is 26.3. The molecule has 1 saturated heterocycles. The average Bonchev–Trinajstić information content (AvgIpc) is 3.67. The predicted octanol–water partition coefficient (Wildman–Crippen LogP) is 5.58. The first-order valence-corrected chi connectivity index (χ1v) is 12.3. The summed E-state index contributed by atoms with van der Waals surface area (Å²) in [5, 5.41) is 4.64. The minimum atomic E-state index is -4.51. The van der Waals surface area contributed by atoms with Crippen LogP contribution in [0.5, 0.6) is 0 Å².